The molecule has 0 saturated carbocycles. The maximum absolute atomic E-state index is 6.38. The Balaban J connectivity index is 2.29. The van der Waals surface area contributed by atoms with Crippen molar-refractivity contribution in [1.82, 2.24) is 0 Å². The van der Waals surface area contributed by atoms with Crippen molar-refractivity contribution in [1.29, 1.82) is 0 Å². The van der Waals surface area contributed by atoms with Crippen LogP contribution in [0.1, 0.15) is 22.7 Å². The quantitative estimate of drug-likeness (QED) is 0.886. The molecule has 2 aromatic rings. The van der Waals surface area contributed by atoms with Crippen molar-refractivity contribution in [3.63, 3.8) is 0 Å². The molecule has 0 spiro atoms. The molecule has 112 valence electrons. The van der Waals surface area contributed by atoms with E-state index >= 15 is 0 Å². The summed E-state index contributed by atoms with van der Waals surface area (Å²) in [6.07, 6.45) is 0.705. The lowest BCUT2D eigenvalue weighted by Gasteiger charge is -2.17. The highest BCUT2D eigenvalue weighted by molar-refractivity contribution is 9.10. The molecule has 1 unspecified atom stereocenters. The second kappa shape index (κ2) is 6.96. The summed E-state index contributed by atoms with van der Waals surface area (Å²) in [6, 6.07) is 11.8. The molecule has 0 saturated heterocycles. The third-order valence-electron chi connectivity index (χ3n) is 3.48. The highest BCUT2D eigenvalue weighted by atomic mass is 79.9. The second-order valence-electron chi connectivity index (χ2n) is 5.01. The topological polar surface area (TPSA) is 44.5 Å². The van der Waals surface area contributed by atoms with E-state index in [9.17, 15) is 0 Å². The number of rotatable bonds is 5. The van der Waals surface area contributed by atoms with Crippen LogP contribution in [0, 0.1) is 6.92 Å². The molecule has 0 fully saturated rings. The summed E-state index contributed by atoms with van der Waals surface area (Å²) in [5.41, 5.74) is 9.72. The fraction of sp³-hybridized carbons (Fsp3) is 0.294. The van der Waals surface area contributed by atoms with E-state index in [2.05, 4.69) is 28.9 Å². The van der Waals surface area contributed by atoms with Crippen molar-refractivity contribution < 1.29 is 9.47 Å². The Bertz CT molecular complexity index is 628. The number of nitrogens with two attached hydrogens (primary N) is 1. The van der Waals surface area contributed by atoms with E-state index < -0.39 is 0 Å². The minimum absolute atomic E-state index is 0.134. The molecule has 0 amide bonds. The molecule has 2 N–H and O–H groups in total. The number of aryl methyl sites for hydroxylation is 1. The molecule has 3 nitrogen and oxygen atoms in total. The number of benzene rings is 2. The van der Waals surface area contributed by atoms with Gasteiger partial charge in [-0.3, -0.25) is 0 Å². The van der Waals surface area contributed by atoms with Gasteiger partial charge in [0.2, 0.25) is 0 Å². The van der Waals surface area contributed by atoms with Crippen molar-refractivity contribution >= 4 is 15.9 Å². The summed E-state index contributed by atoms with van der Waals surface area (Å²) in [7, 11) is 3.34. The van der Waals surface area contributed by atoms with Crippen LogP contribution in [0.2, 0.25) is 0 Å². The predicted molar refractivity (Wildman–Crippen MR) is 89.1 cm³/mol. The van der Waals surface area contributed by atoms with Gasteiger partial charge < -0.3 is 15.2 Å². The van der Waals surface area contributed by atoms with E-state index in [1.807, 2.05) is 30.3 Å². The first-order chi connectivity index (χ1) is 10.0. The van der Waals surface area contributed by atoms with Gasteiger partial charge in [0.25, 0.3) is 0 Å². The fourth-order valence-electron chi connectivity index (χ4n) is 2.35. The van der Waals surface area contributed by atoms with Crippen LogP contribution in [0.3, 0.4) is 0 Å². The highest BCUT2D eigenvalue weighted by Crippen LogP contribution is 2.30. The normalized spacial score (nSPS) is 12.0. The maximum atomic E-state index is 6.38. The maximum Gasteiger partial charge on any atom is 0.122 e. The van der Waals surface area contributed by atoms with Crippen LogP contribution in [0.25, 0.3) is 0 Å². The molecule has 0 heterocycles. The van der Waals surface area contributed by atoms with E-state index in [0.717, 1.165) is 27.1 Å². The second-order valence-corrected chi connectivity index (χ2v) is 5.87. The van der Waals surface area contributed by atoms with Crippen molar-refractivity contribution in [2.75, 3.05) is 14.2 Å². The molecular weight excluding hydrogens is 330 g/mol. The highest BCUT2D eigenvalue weighted by Gasteiger charge is 2.14. The molecule has 0 aromatic heterocycles. The van der Waals surface area contributed by atoms with Crippen molar-refractivity contribution in [3.05, 3.63) is 57.6 Å². The Labute approximate surface area is 134 Å². The summed E-state index contributed by atoms with van der Waals surface area (Å²) < 4.78 is 11.7. The van der Waals surface area contributed by atoms with Gasteiger partial charge in [0.15, 0.2) is 0 Å². The van der Waals surface area contributed by atoms with Gasteiger partial charge in [-0.15, -0.1) is 0 Å². The first-order valence-corrected chi connectivity index (χ1v) is 7.57. The molecule has 0 aliphatic carbocycles. The number of ether oxygens (including phenoxy) is 2. The smallest absolute Gasteiger partial charge is 0.122 e. The lowest BCUT2D eigenvalue weighted by molar-refractivity contribution is 0.407. The standard InChI is InChI=1S/C17H20BrNO2/c1-11-4-7-17(21-3)12(8-11)9-16(19)14-10-13(20-2)5-6-15(14)18/h4-8,10,16H,9,19H2,1-3H3. The summed E-state index contributed by atoms with van der Waals surface area (Å²) in [4.78, 5) is 0. The molecule has 2 rings (SSSR count). The predicted octanol–water partition coefficient (Wildman–Crippen LogP) is 4.02. The Morgan fingerprint density at radius 3 is 2.52 bits per heavy atom. The average Bonchev–Trinajstić information content (AvgIpc) is 2.48. The average molecular weight is 350 g/mol. The van der Waals surface area contributed by atoms with Gasteiger partial charge >= 0.3 is 0 Å². The van der Waals surface area contributed by atoms with E-state index in [1.54, 1.807) is 14.2 Å². The van der Waals surface area contributed by atoms with Gasteiger partial charge in [-0.25, -0.2) is 0 Å². The summed E-state index contributed by atoms with van der Waals surface area (Å²) in [6.45, 7) is 2.07. The van der Waals surface area contributed by atoms with Crippen LogP contribution in [-0.2, 0) is 6.42 Å². The zero-order valence-corrected chi connectivity index (χ0v) is 14.1. The van der Waals surface area contributed by atoms with Crippen molar-refractivity contribution in [3.8, 4) is 11.5 Å². The van der Waals surface area contributed by atoms with Crippen LogP contribution in [-0.4, -0.2) is 14.2 Å². The molecule has 2 aromatic carbocycles. The fourth-order valence-corrected chi connectivity index (χ4v) is 2.89. The molecule has 0 radical (unpaired) electrons. The van der Waals surface area contributed by atoms with E-state index in [-0.39, 0.29) is 6.04 Å². The number of methoxy groups -OCH3 is 2. The first kappa shape index (κ1) is 15.9. The first-order valence-electron chi connectivity index (χ1n) is 6.77. The minimum Gasteiger partial charge on any atom is -0.497 e. The Hall–Kier alpha value is -1.52. The van der Waals surface area contributed by atoms with Gasteiger partial charge in [0.1, 0.15) is 11.5 Å². The molecule has 0 aliphatic rings. The third kappa shape index (κ3) is 3.77. The van der Waals surface area contributed by atoms with Gasteiger partial charge in [-0.05, 0) is 48.7 Å². The number of hydrogen-bond acceptors (Lipinski definition) is 3. The van der Waals surface area contributed by atoms with Gasteiger partial charge in [0.05, 0.1) is 14.2 Å². The van der Waals surface area contributed by atoms with Crippen LogP contribution < -0.4 is 15.2 Å². The Kier molecular flexibility index (Phi) is 5.26. The lowest BCUT2D eigenvalue weighted by Crippen LogP contribution is -2.14. The SMILES string of the molecule is COc1ccc(Br)c(C(N)Cc2cc(C)ccc2OC)c1. The van der Waals surface area contributed by atoms with Crippen LogP contribution >= 0.6 is 15.9 Å². The number of hydrogen-bond donors (Lipinski definition) is 1. The summed E-state index contributed by atoms with van der Waals surface area (Å²) in [5.74, 6) is 1.68. The van der Waals surface area contributed by atoms with Gasteiger partial charge in [-0.2, -0.15) is 0 Å². The Morgan fingerprint density at radius 1 is 1.10 bits per heavy atom. The lowest BCUT2D eigenvalue weighted by atomic mass is 9.97. The molecule has 4 heteroatoms. The van der Waals surface area contributed by atoms with E-state index in [4.69, 9.17) is 15.2 Å². The summed E-state index contributed by atoms with van der Waals surface area (Å²) in [5, 5.41) is 0. The van der Waals surface area contributed by atoms with Crippen LogP contribution in [0.5, 0.6) is 11.5 Å². The Morgan fingerprint density at radius 2 is 1.86 bits per heavy atom. The molecule has 1 atom stereocenters. The van der Waals surface area contributed by atoms with E-state index in [0.29, 0.717) is 6.42 Å². The van der Waals surface area contributed by atoms with Crippen molar-refractivity contribution in [2.24, 2.45) is 5.73 Å². The van der Waals surface area contributed by atoms with E-state index in [1.165, 1.54) is 5.56 Å². The molecule has 0 bridgehead atoms. The van der Waals surface area contributed by atoms with Crippen LogP contribution in [0.15, 0.2) is 40.9 Å². The molecule has 0 aliphatic heterocycles. The zero-order valence-electron chi connectivity index (χ0n) is 12.5. The largest absolute Gasteiger partial charge is 0.497 e. The molecule has 21 heavy (non-hydrogen) atoms. The van der Waals surface area contributed by atoms with Crippen molar-refractivity contribution in [2.45, 2.75) is 19.4 Å². The van der Waals surface area contributed by atoms with Gasteiger partial charge in [-0.1, -0.05) is 33.6 Å². The summed E-state index contributed by atoms with van der Waals surface area (Å²) >= 11 is 3.56. The molecular formula is C17H20BrNO2. The number of halogens is 1. The van der Waals surface area contributed by atoms with Gasteiger partial charge in [0, 0.05) is 10.5 Å². The minimum atomic E-state index is -0.134. The van der Waals surface area contributed by atoms with Crippen LogP contribution in [0.4, 0.5) is 0 Å². The zero-order chi connectivity index (χ0) is 15.4. The monoisotopic (exact) mass is 349 g/mol. The third-order valence-corrected chi connectivity index (χ3v) is 4.20.